The van der Waals surface area contributed by atoms with E-state index in [9.17, 15) is 13.6 Å². The van der Waals surface area contributed by atoms with Crippen molar-refractivity contribution in [1.29, 1.82) is 0 Å². The molecule has 0 aliphatic rings. The summed E-state index contributed by atoms with van der Waals surface area (Å²) in [6.07, 6.45) is -2.59. The molecular weight excluding hydrogens is 292 g/mol. The molecule has 1 heterocycles. The minimum absolute atomic E-state index is 0.428. The Labute approximate surface area is 126 Å². The Bertz CT molecular complexity index is 653. The first-order valence-corrected chi connectivity index (χ1v) is 6.82. The molecule has 0 atom stereocenters. The quantitative estimate of drug-likeness (QED) is 0.738. The average Bonchev–Trinajstić information content (AvgIpc) is 2.50. The van der Waals surface area contributed by atoms with E-state index >= 15 is 0 Å². The van der Waals surface area contributed by atoms with Gasteiger partial charge >= 0.3 is 0 Å². The lowest BCUT2D eigenvalue weighted by Gasteiger charge is -2.13. The lowest BCUT2D eigenvalue weighted by Crippen LogP contribution is -2.23. The Kier molecular flexibility index (Phi) is 5.66. The van der Waals surface area contributed by atoms with E-state index in [2.05, 4.69) is 0 Å². The SMILES string of the molecule is COCCOc1ccc(-c2cccc(=O)n2CC(F)F)cc1. The zero-order valence-corrected chi connectivity index (χ0v) is 12.2. The number of hydrogen-bond acceptors (Lipinski definition) is 3. The number of alkyl halides is 2. The van der Waals surface area contributed by atoms with Crippen molar-refractivity contribution in [1.82, 2.24) is 4.57 Å². The largest absolute Gasteiger partial charge is 0.491 e. The number of pyridine rings is 1. The van der Waals surface area contributed by atoms with Crippen LogP contribution < -0.4 is 10.3 Å². The van der Waals surface area contributed by atoms with E-state index in [1.54, 1.807) is 43.5 Å². The first kappa shape index (κ1) is 16.2. The summed E-state index contributed by atoms with van der Waals surface area (Å²) in [4.78, 5) is 11.8. The molecule has 0 unspecified atom stereocenters. The van der Waals surface area contributed by atoms with Gasteiger partial charge in [0.15, 0.2) is 0 Å². The molecule has 0 amide bonds. The molecule has 0 aliphatic heterocycles. The second-order valence-electron chi connectivity index (χ2n) is 4.62. The van der Waals surface area contributed by atoms with Gasteiger partial charge in [-0.05, 0) is 35.9 Å². The van der Waals surface area contributed by atoms with Crippen LogP contribution in [0.4, 0.5) is 8.78 Å². The zero-order valence-electron chi connectivity index (χ0n) is 12.2. The molecule has 22 heavy (non-hydrogen) atoms. The van der Waals surface area contributed by atoms with Crippen LogP contribution in [0.15, 0.2) is 47.3 Å². The number of halogens is 2. The summed E-state index contributed by atoms with van der Waals surface area (Å²) in [5, 5.41) is 0. The third-order valence-corrected chi connectivity index (χ3v) is 3.08. The van der Waals surface area contributed by atoms with Gasteiger partial charge in [0.2, 0.25) is 0 Å². The number of hydrogen-bond donors (Lipinski definition) is 0. The van der Waals surface area contributed by atoms with Crippen molar-refractivity contribution in [2.75, 3.05) is 20.3 Å². The first-order valence-electron chi connectivity index (χ1n) is 6.82. The van der Waals surface area contributed by atoms with Gasteiger partial charge in [0, 0.05) is 13.2 Å². The maximum Gasteiger partial charge on any atom is 0.256 e. The number of benzene rings is 1. The molecule has 1 aromatic carbocycles. The summed E-state index contributed by atoms with van der Waals surface area (Å²) < 4.78 is 36.7. The van der Waals surface area contributed by atoms with Crippen molar-refractivity contribution >= 4 is 0 Å². The van der Waals surface area contributed by atoms with E-state index in [1.807, 2.05) is 0 Å². The van der Waals surface area contributed by atoms with Crippen LogP contribution in [0.1, 0.15) is 0 Å². The van der Waals surface area contributed by atoms with Gasteiger partial charge in [0.1, 0.15) is 12.4 Å². The van der Waals surface area contributed by atoms with E-state index in [1.165, 1.54) is 6.07 Å². The van der Waals surface area contributed by atoms with E-state index in [0.717, 1.165) is 4.57 Å². The van der Waals surface area contributed by atoms with E-state index < -0.39 is 18.5 Å². The van der Waals surface area contributed by atoms with Crippen LogP contribution in [0.25, 0.3) is 11.3 Å². The predicted molar refractivity (Wildman–Crippen MR) is 79.5 cm³/mol. The summed E-state index contributed by atoms with van der Waals surface area (Å²) in [6, 6.07) is 11.4. The van der Waals surface area contributed by atoms with Crippen LogP contribution in [0, 0.1) is 0 Å². The predicted octanol–water partition coefficient (Wildman–Crippen LogP) is 2.81. The highest BCUT2D eigenvalue weighted by Gasteiger charge is 2.11. The van der Waals surface area contributed by atoms with Gasteiger partial charge in [-0.2, -0.15) is 0 Å². The molecule has 4 nitrogen and oxygen atoms in total. The topological polar surface area (TPSA) is 40.5 Å². The molecule has 0 bridgehead atoms. The van der Waals surface area contributed by atoms with Crippen molar-refractivity contribution in [3.05, 3.63) is 52.8 Å². The number of rotatable bonds is 7. The molecular formula is C16H17F2NO3. The summed E-state index contributed by atoms with van der Waals surface area (Å²) >= 11 is 0. The van der Waals surface area contributed by atoms with E-state index in [4.69, 9.17) is 9.47 Å². The van der Waals surface area contributed by atoms with Crippen molar-refractivity contribution < 1.29 is 18.3 Å². The molecule has 118 valence electrons. The Morgan fingerprint density at radius 1 is 1.09 bits per heavy atom. The highest BCUT2D eigenvalue weighted by Crippen LogP contribution is 2.22. The van der Waals surface area contributed by atoms with Crippen LogP contribution in [0.2, 0.25) is 0 Å². The molecule has 0 saturated heterocycles. The van der Waals surface area contributed by atoms with Gasteiger partial charge < -0.3 is 14.0 Å². The smallest absolute Gasteiger partial charge is 0.256 e. The molecule has 0 saturated carbocycles. The standard InChI is InChI=1S/C16H17F2NO3/c1-21-9-10-22-13-7-5-12(6-8-13)14-3-2-4-16(20)19(14)11-15(17)18/h2-8,15H,9-11H2,1H3. The fourth-order valence-electron chi connectivity index (χ4n) is 2.06. The van der Waals surface area contributed by atoms with Gasteiger partial charge in [-0.25, -0.2) is 8.78 Å². The third-order valence-electron chi connectivity index (χ3n) is 3.08. The van der Waals surface area contributed by atoms with E-state index in [0.29, 0.717) is 30.2 Å². The van der Waals surface area contributed by atoms with Gasteiger partial charge in [-0.1, -0.05) is 6.07 Å². The van der Waals surface area contributed by atoms with Crippen molar-refractivity contribution in [2.45, 2.75) is 13.0 Å². The van der Waals surface area contributed by atoms with Crippen molar-refractivity contribution in [3.8, 4) is 17.0 Å². The summed E-state index contributed by atoms with van der Waals surface area (Å²) in [6.45, 7) is 0.284. The second-order valence-corrected chi connectivity index (χ2v) is 4.62. The van der Waals surface area contributed by atoms with Gasteiger partial charge in [0.25, 0.3) is 12.0 Å². The lowest BCUT2D eigenvalue weighted by molar-refractivity contribution is 0.126. The molecule has 0 N–H and O–H groups in total. The fourth-order valence-corrected chi connectivity index (χ4v) is 2.06. The Balaban J connectivity index is 2.24. The molecule has 0 radical (unpaired) electrons. The maximum atomic E-state index is 12.6. The molecule has 6 heteroatoms. The van der Waals surface area contributed by atoms with Crippen LogP contribution in [-0.4, -0.2) is 31.3 Å². The first-order chi connectivity index (χ1) is 10.6. The number of aromatic nitrogens is 1. The molecule has 2 aromatic rings. The van der Waals surface area contributed by atoms with Crippen LogP contribution >= 0.6 is 0 Å². The maximum absolute atomic E-state index is 12.6. The second kappa shape index (κ2) is 7.70. The number of methoxy groups -OCH3 is 1. The van der Waals surface area contributed by atoms with E-state index in [-0.39, 0.29) is 0 Å². The fraction of sp³-hybridized carbons (Fsp3) is 0.312. The van der Waals surface area contributed by atoms with Crippen LogP contribution in [0.3, 0.4) is 0 Å². The number of nitrogens with zero attached hydrogens (tertiary/aromatic N) is 1. The minimum atomic E-state index is -2.59. The lowest BCUT2D eigenvalue weighted by atomic mass is 10.1. The van der Waals surface area contributed by atoms with Gasteiger partial charge in [-0.3, -0.25) is 4.79 Å². The molecule has 0 spiro atoms. The highest BCUT2D eigenvalue weighted by atomic mass is 19.3. The Hall–Kier alpha value is -2.21. The Morgan fingerprint density at radius 3 is 2.45 bits per heavy atom. The Morgan fingerprint density at radius 2 is 1.82 bits per heavy atom. The average molecular weight is 309 g/mol. The summed E-state index contributed by atoms with van der Waals surface area (Å²) in [5.41, 5.74) is 0.687. The molecule has 2 rings (SSSR count). The van der Waals surface area contributed by atoms with Crippen LogP contribution in [0.5, 0.6) is 5.75 Å². The summed E-state index contributed by atoms with van der Waals surface area (Å²) in [7, 11) is 1.59. The highest BCUT2D eigenvalue weighted by molar-refractivity contribution is 5.60. The van der Waals surface area contributed by atoms with Crippen molar-refractivity contribution in [2.24, 2.45) is 0 Å². The number of ether oxygens (including phenoxy) is 2. The third kappa shape index (κ3) is 4.14. The van der Waals surface area contributed by atoms with Gasteiger partial charge in [-0.15, -0.1) is 0 Å². The summed E-state index contributed by atoms with van der Waals surface area (Å²) in [5.74, 6) is 0.652. The molecule has 0 aliphatic carbocycles. The molecule has 1 aromatic heterocycles. The van der Waals surface area contributed by atoms with Gasteiger partial charge in [0.05, 0.1) is 18.8 Å². The minimum Gasteiger partial charge on any atom is -0.491 e. The van der Waals surface area contributed by atoms with Crippen LogP contribution in [-0.2, 0) is 11.3 Å². The normalized spacial score (nSPS) is 10.9. The molecule has 0 fully saturated rings. The zero-order chi connectivity index (χ0) is 15.9. The van der Waals surface area contributed by atoms with Crippen molar-refractivity contribution in [3.63, 3.8) is 0 Å². The monoisotopic (exact) mass is 309 g/mol.